The third-order valence-electron chi connectivity index (χ3n) is 3.24. The maximum absolute atomic E-state index is 3.31. The van der Waals surface area contributed by atoms with Crippen LogP contribution in [-0.2, 0) is 0 Å². The fourth-order valence-corrected chi connectivity index (χ4v) is 2.68. The van der Waals surface area contributed by atoms with Gasteiger partial charge in [-0.15, -0.1) is 0 Å². The van der Waals surface area contributed by atoms with Crippen LogP contribution in [0.4, 0.5) is 0 Å². The molecular formula is C11H23N. The summed E-state index contributed by atoms with van der Waals surface area (Å²) in [5.41, 5.74) is 0.512. The number of nitrogens with one attached hydrogen (secondary N) is 1. The molecule has 1 rings (SSSR count). The van der Waals surface area contributed by atoms with Crippen LogP contribution in [0.3, 0.4) is 0 Å². The standard InChI is InChI=1S/C11H23N/c1-11(2,3)10-7-5-6-9(10)8-12-4/h9-10,12H,5-8H2,1-4H3. The Hall–Kier alpha value is -0.0400. The zero-order chi connectivity index (χ0) is 9.19. The monoisotopic (exact) mass is 169 g/mol. The molecule has 1 aliphatic rings. The normalized spacial score (nSPS) is 31.0. The second-order valence-corrected chi connectivity index (χ2v) is 5.22. The third kappa shape index (κ3) is 2.22. The molecule has 0 saturated heterocycles. The van der Waals surface area contributed by atoms with Crippen molar-refractivity contribution in [2.45, 2.75) is 40.0 Å². The van der Waals surface area contributed by atoms with Gasteiger partial charge in [0.2, 0.25) is 0 Å². The smallest absolute Gasteiger partial charge is 0.00207 e. The molecule has 2 unspecified atom stereocenters. The number of hydrogen-bond donors (Lipinski definition) is 1. The SMILES string of the molecule is CNCC1CCCC1C(C)(C)C. The molecule has 0 aliphatic heterocycles. The first-order chi connectivity index (χ1) is 5.55. The Morgan fingerprint density at radius 1 is 1.25 bits per heavy atom. The average molecular weight is 169 g/mol. The van der Waals surface area contributed by atoms with E-state index in [1.54, 1.807) is 0 Å². The highest BCUT2D eigenvalue weighted by molar-refractivity contribution is 4.86. The maximum Gasteiger partial charge on any atom is -0.00207 e. The molecule has 1 nitrogen and oxygen atoms in total. The summed E-state index contributed by atoms with van der Waals surface area (Å²) in [6.07, 6.45) is 4.31. The summed E-state index contributed by atoms with van der Waals surface area (Å²) in [6.45, 7) is 8.35. The Morgan fingerprint density at radius 2 is 1.92 bits per heavy atom. The van der Waals surface area contributed by atoms with Gasteiger partial charge < -0.3 is 5.32 Å². The lowest BCUT2D eigenvalue weighted by molar-refractivity contribution is 0.184. The average Bonchev–Trinajstić information content (AvgIpc) is 2.34. The Balaban J connectivity index is 2.52. The van der Waals surface area contributed by atoms with Crippen molar-refractivity contribution in [1.29, 1.82) is 0 Å². The van der Waals surface area contributed by atoms with Crippen LogP contribution in [0, 0.1) is 17.3 Å². The highest BCUT2D eigenvalue weighted by atomic mass is 14.8. The fourth-order valence-electron chi connectivity index (χ4n) is 2.68. The zero-order valence-electron chi connectivity index (χ0n) is 8.98. The van der Waals surface area contributed by atoms with Crippen LogP contribution < -0.4 is 5.32 Å². The third-order valence-corrected chi connectivity index (χ3v) is 3.24. The van der Waals surface area contributed by atoms with Crippen molar-refractivity contribution < 1.29 is 0 Å². The van der Waals surface area contributed by atoms with Crippen molar-refractivity contribution in [1.82, 2.24) is 5.32 Å². The van der Waals surface area contributed by atoms with Gasteiger partial charge >= 0.3 is 0 Å². The highest BCUT2D eigenvalue weighted by Gasteiger charge is 2.34. The molecule has 0 bridgehead atoms. The quantitative estimate of drug-likeness (QED) is 0.670. The van der Waals surface area contributed by atoms with Gasteiger partial charge in [-0.05, 0) is 43.7 Å². The van der Waals surface area contributed by atoms with Crippen LogP contribution >= 0.6 is 0 Å². The van der Waals surface area contributed by atoms with Gasteiger partial charge in [-0.3, -0.25) is 0 Å². The van der Waals surface area contributed by atoms with Gasteiger partial charge in [-0.25, -0.2) is 0 Å². The van der Waals surface area contributed by atoms with Crippen LogP contribution in [0.2, 0.25) is 0 Å². The van der Waals surface area contributed by atoms with E-state index in [-0.39, 0.29) is 0 Å². The minimum Gasteiger partial charge on any atom is -0.319 e. The summed E-state index contributed by atoms with van der Waals surface area (Å²) in [4.78, 5) is 0. The summed E-state index contributed by atoms with van der Waals surface area (Å²) >= 11 is 0. The fraction of sp³-hybridized carbons (Fsp3) is 1.00. The molecule has 1 aliphatic carbocycles. The van der Waals surface area contributed by atoms with E-state index in [1.807, 2.05) is 0 Å². The van der Waals surface area contributed by atoms with Crippen molar-refractivity contribution in [3.8, 4) is 0 Å². The molecular weight excluding hydrogens is 146 g/mol. The predicted molar refractivity (Wildman–Crippen MR) is 54.2 cm³/mol. The molecule has 1 N–H and O–H groups in total. The van der Waals surface area contributed by atoms with Crippen molar-refractivity contribution >= 4 is 0 Å². The van der Waals surface area contributed by atoms with Crippen LogP contribution in [-0.4, -0.2) is 13.6 Å². The first-order valence-electron chi connectivity index (χ1n) is 5.20. The van der Waals surface area contributed by atoms with Gasteiger partial charge in [0, 0.05) is 0 Å². The van der Waals surface area contributed by atoms with Crippen molar-refractivity contribution in [3.05, 3.63) is 0 Å². The molecule has 0 heterocycles. The molecule has 1 fully saturated rings. The first-order valence-corrected chi connectivity index (χ1v) is 5.20. The van der Waals surface area contributed by atoms with Gasteiger partial charge in [-0.1, -0.05) is 27.2 Å². The van der Waals surface area contributed by atoms with E-state index < -0.39 is 0 Å². The van der Waals surface area contributed by atoms with Gasteiger partial charge in [0.1, 0.15) is 0 Å². The topological polar surface area (TPSA) is 12.0 Å². The molecule has 2 atom stereocenters. The van der Waals surface area contributed by atoms with Gasteiger partial charge in [-0.2, -0.15) is 0 Å². The van der Waals surface area contributed by atoms with Gasteiger partial charge in [0.15, 0.2) is 0 Å². The Labute approximate surface area is 76.9 Å². The molecule has 0 aromatic carbocycles. The van der Waals surface area contributed by atoms with Crippen LogP contribution in [0.5, 0.6) is 0 Å². The van der Waals surface area contributed by atoms with E-state index >= 15 is 0 Å². The summed E-state index contributed by atoms with van der Waals surface area (Å²) in [5, 5.41) is 3.31. The molecule has 0 amide bonds. The van der Waals surface area contributed by atoms with Crippen LogP contribution in [0.25, 0.3) is 0 Å². The minimum absolute atomic E-state index is 0.512. The second kappa shape index (κ2) is 3.78. The minimum atomic E-state index is 0.512. The molecule has 12 heavy (non-hydrogen) atoms. The molecule has 72 valence electrons. The second-order valence-electron chi connectivity index (χ2n) is 5.22. The summed E-state index contributed by atoms with van der Waals surface area (Å²) < 4.78 is 0. The number of rotatable bonds is 2. The summed E-state index contributed by atoms with van der Waals surface area (Å²) in [6, 6.07) is 0. The molecule has 0 spiro atoms. The van der Waals surface area contributed by atoms with E-state index in [4.69, 9.17) is 0 Å². The largest absolute Gasteiger partial charge is 0.319 e. The van der Waals surface area contributed by atoms with Crippen molar-refractivity contribution in [3.63, 3.8) is 0 Å². The van der Waals surface area contributed by atoms with E-state index in [0.717, 1.165) is 11.8 Å². The molecule has 0 radical (unpaired) electrons. The van der Waals surface area contributed by atoms with Crippen LogP contribution in [0.15, 0.2) is 0 Å². The van der Waals surface area contributed by atoms with E-state index in [1.165, 1.54) is 25.8 Å². The van der Waals surface area contributed by atoms with E-state index in [9.17, 15) is 0 Å². The van der Waals surface area contributed by atoms with Crippen LogP contribution in [0.1, 0.15) is 40.0 Å². The van der Waals surface area contributed by atoms with Gasteiger partial charge in [0.05, 0.1) is 0 Å². The zero-order valence-corrected chi connectivity index (χ0v) is 8.98. The molecule has 1 saturated carbocycles. The first kappa shape index (κ1) is 10.0. The summed E-state index contributed by atoms with van der Waals surface area (Å²) in [5.74, 6) is 1.86. The molecule has 1 heteroatoms. The Morgan fingerprint density at radius 3 is 2.42 bits per heavy atom. The Kier molecular flexibility index (Phi) is 3.16. The Bertz CT molecular complexity index is 134. The van der Waals surface area contributed by atoms with E-state index in [2.05, 4.69) is 33.1 Å². The lowest BCUT2D eigenvalue weighted by Crippen LogP contribution is -2.30. The number of hydrogen-bond acceptors (Lipinski definition) is 1. The lowest BCUT2D eigenvalue weighted by atomic mass is 9.75. The molecule has 0 aromatic rings. The van der Waals surface area contributed by atoms with E-state index in [0.29, 0.717) is 5.41 Å². The predicted octanol–water partition coefficient (Wildman–Crippen LogP) is 2.67. The highest BCUT2D eigenvalue weighted by Crippen LogP contribution is 2.42. The van der Waals surface area contributed by atoms with Crippen molar-refractivity contribution in [2.24, 2.45) is 17.3 Å². The lowest BCUT2D eigenvalue weighted by Gasteiger charge is -2.32. The summed E-state index contributed by atoms with van der Waals surface area (Å²) in [7, 11) is 2.07. The maximum atomic E-state index is 3.31. The molecule has 0 aromatic heterocycles. The van der Waals surface area contributed by atoms with Crippen molar-refractivity contribution in [2.75, 3.05) is 13.6 Å². The van der Waals surface area contributed by atoms with Gasteiger partial charge in [0.25, 0.3) is 0 Å².